The van der Waals surface area contributed by atoms with Gasteiger partial charge in [-0.2, -0.15) is 0 Å². The Balaban J connectivity index is 1.52. The summed E-state index contributed by atoms with van der Waals surface area (Å²) in [4.78, 5) is 60.8. The summed E-state index contributed by atoms with van der Waals surface area (Å²) < 4.78 is 34.7. The third-order valence-electron chi connectivity index (χ3n) is 6.03. The highest BCUT2D eigenvalue weighted by Crippen LogP contribution is 2.33. The molecule has 14 nitrogen and oxygen atoms in total. The van der Waals surface area contributed by atoms with Gasteiger partial charge in [-0.25, -0.2) is 13.2 Å². The molecule has 0 aromatic heterocycles. The maximum absolute atomic E-state index is 13.2. The molecule has 0 radical (unpaired) electrons. The molecule has 4 rings (SSSR count). The lowest BCUT2D eigenvalue weighted by Gasteiger charge is -2.24. The second-order valence-electron chi connectivity index (χ2n) is 8.98. The van der Waals surface area contributed by atoms with Gasteiger partial charge in [-0.05, 0) is 42.3 Å². The van der Waals surface area contributed by atoms with E-state index in [0.717, 1.165) is 12.3 Å². The summed E-state index contributed by atoms with van der Waals surface area (Å²) in [6.07, 6.45) is 0.430. The minimum absolute atomic E-state index is 0.115. The SMILES string of the molecule is CS(=O)(=O)CC[C@@H](C(=O)OCc1cccc(Oc2ccc([N+](=O)[O-])cc2)c1)N1C(=O)c2cccc([N+](=O)[O-])c2C1=O. The molecule has 3 aromatic carbocycles. The van der Waals surface area contributed by atoms with E-state index in [1.165, 1.54) is 42.5 Å². The minimum Gasteiger partial charge on any atom is -0.459 e. The number of sulfone groups is 1. The van der Waals surface area contributed by atoms with Gasteiger partial charge in [-0.1, -0.05) is 18.2 Å². The van der Waals surface area contributed by atoms with Gasteiger partial charge in [0.15, 0.2) is 0 Å². The number of fused-ring (bicyclic) bond motifs is 1. The number of amides is 2. The summed E-state index contributed by atoms with van der Waals surface area (Å²) in [6, 6.07) is 13.4. The quantitative estimate of drug-likeness (QED) is 0.139. The zero-order chi connectivity index (χ0) is 29.9. The van der Waals surface area contributed by atoms with E-state index in [2.05, 4.69) is 0 Å². The van der Waals surface area contributed by atoms with Crippen LogP contribution in [0, 0.1) is 20.2 Å². The molecular weight excluding hydrogens is 562 g/mol. The van der Waals surface area contributed by atoms with Crippen molar-refractivity contribution in [2.24, 2.45) is 0 Å². The number of nitro benzene ring substituents is 2. The third-order valence-corrected chi connectivity index (χ3v) is 7.01. The van der Waals surface area contributed by atoms with Crippen molar-refractivity contribution in [3.05, 3.63) is 104 Å². The summed E-state index contributed by atoms with van der Waals surface area (Å²) in [7, 11) is -3.64. The van der Waals surface area contributed by atoms with E-state index < -0.39 is 66.9 Å². The Labute approximate surface area is 232 Å². The first-order valence-corrected chi connectivity index (χ1v) is 13.9. The Morgan fingerprint density at radius 2 is 1.61 bits per heavy atom. The molecule has 0 aliphatic carbocycles. The lowest BCUT2D eigenvalue weighted by Crippen LogP contribution is -2.46. The van der Waals surface area contributed by atoms with Crippen molar-refractivity contribution in [3.8, 4) is 11.5 Å². The van der Waals surface area contributed by atoms with Gasteiger partial charge in [0.25, 0.3) is 23.2 Å². The smallest absolute Gasteiger partial charge is 0.329 e. The zero-order valence-electron chi connectivity index (χ0n) is 21.3. The second kappa shape index (κ2) is 11.5. The number of carbonyl (C=O) groups is 3. The second-order valence-corrected chi connectivity index (χ2v) is 11.2. The van der Waals surface area contributed by atoms with Crippen LogP contribution >= 0.6 is 0 Å². The van der Waals surface area contributed by atoms with Crippen LogP contribution in [0.2, 0.25) is 0 Å². The van der Waals surface area contributed by atoms with E-state index in [1.807, 2.05) is 0 Å². The van der Waals surface area contributed by atoms with Gasteiger partial charge >= 0.3 is 5.97 Å². The summed E-state index contributed by atoms with van der Waals surface area (Å²) in [5.74, 6) is -3.12. The van der Waals surface area contributed by atoms with Crippen molar-refractivity contribution in [2.45, 2.75) is 19.1 Å². The molecule has 2 amide bonds. The van der Waals surface area contributed by atoms with Gasteiger partial charge in [0.1, 0.15) is 39.5 Å². The molecule has 1 aliphatic rings. The number of rotatable bonds is 11. The summed E-state index contributed by atoms with van der Waals surface area (Å²) in [6.45, 7) is -0.352. The molecule has 1 atom stereocenters. The fraction of sp³-hybridized carbons (Fsp3) is 0.192. The number of ether oxygens (including phenoxy) is 2. The molecule has 0 fully saturated rings. The Kier molecular flexibility index (Phi) is 8.09. The fourth-order valence-electron chi connectivity index (χ4n) is 4.12. The molecule has 15 heteroatoms. The zero-order valence-corrected chi connectivity index (χ0v) is 22.1. The summed E-state index contributed by atoms with van der Waals surface area (Å²) >= 11 is 0. The average Bonchev–Trinajstić information content (AvgIpc) is 3.17. The number of nitro groups is 2. The van der Waals surface area contributed by atoms with Crippen LogP contribution in [-0.4, -0.2) is 59.0 Å². The van der Waals surface area contributed by atoms with Gasteiger partial charge < -0.3 is 9.47 Å². The van der Waals surface area contributed by atoms with Crippen LogP contribution in [0.4, 0.5) is 11.4 Å². The standard InChI is InChI=1S/C26H21N3O11S/c1-41(37,38)13-12-22(27-24(30)20-6-3-7-21(29(35)36)23(20)25(27)31)26(32)39-15-16-4-2-5-19(14-16)40-18-10-8-17(9-11-18)28(33)34/h2-11,14,22H,12-13,15H2,1H3/t22-/m0/s1. The Hall–Kier alpha value is -5.18. The first-order chi connectivity index (χ1) is 19.4. The maximum atomic E-state index is 13.2. The monoisotopic (exact) mass is 583 g/mol. The van der Waals surface area contributed by atoms with Crippen LogP contribution in [0.1, 0.15) is 32.7 Å². The van der Waals surface area contributed by atoms with Gasteiger partial charge in [0, 0.05) is 24.5 Å². The topological polar surface area (TPSA) is 193 Å². The molecule has 0 unspecified atom stereocenters. The molecule has 0 spiro atoms. The number of carbonyl (C=O) groups excluding carboxylic acids is 3. The first kappa shape index (κ1) is 28.8. The molecule has 0 saturated carbocycles. The van der Waals surface area contributed by atoms with Crippen LogP contribution < -0.4 is 4.74 Å². The molecule has 1 heterocycles. The van der Waals surface area contributed by atoms with Gasteiger partial charge in [-0.3, -0.25) is 34.7 Å². The largest absolute Gasteiger partial charge is 0.459 e. The highest BCUT2D eigenvalue weighted by Gasteiger charge is 2.47. The molecule has 1 aliphatic heterocycles. The van der Waals surface area contributed by atoms with Crippen molar-refractivity contribution < 1.29 is 42.1 Å². The predicted octanol–water partition coefficient (Wildman–Crippen LogP) is 3.44. The van der Waals surface area contributed by atoms with Crippen molar-refractivity contribution in [2.75, 3.05) is 12.0 Å². The van der Waals surface area contributed by atoms with E-state index >= 15 is 0 Å². The molecule has 212 valence electrons. The number of esters is 1. The molecular formula is C26H21N3O11S. The van der Waals surface area contributed by atoms with Crippen molar-refractivity contribution in [1.82, 2.24) is 4.90 Å². The molecule has 0 N–H and O–H groups in total. The molecule has 0 saturated heterocycles. The van der Waals surface area contributed by atoms with Crippen molar-refractivity contribution in [1.29, 1.82) is 0 Å². The average molecular weight is 584 g/mol. The van der Waals surface area contributed by atoms with Crippen LogP contribution in [0.3, 0.4) is 0 Å². The lowest BCUT2D eigenvalue weighted by molar-refractivity contribution is -0.385. The van der Waals surface area contributed by atoms with Crippen molar-refractivity contribution >= 4 is 39.0 Å². The fourth-order valence-corrected chi connectivity index (χ4v) is 4.77. The number of non-ortho nitro benzene ring substituents is 1. The lowest BCUT2D eigenvalue weighted by atomic mass is 10.1. The van der Waals surface area contributed by atoms with Crippen LogP contribution in [0.15, 0.2) is 66.7 Å². The number of imide groups is 1. The Bertz CT molecular complexity index is 1670. The summed E-state index contributed by atoms with van der Waals surface area (Å²) in [5.41, 5.74) is -1.08. The minimum atomic E-state index is -3.64. The third kappa shape index (κ3) is 6.52. The number of hydrogen-bond acceptors (Lipinski definition) is 11. The highest BCUT2D eigenvalue weighted by molar-refractivity contribution is 7.90. The van der Waals surface area contributed by atoms with E-state index in [0.29, 0.717) is 22.0 Å². The maximum Gasteiger partial charge on any atom is 0.329 e. The van der Waals surface area contributed by atoms with Crippen LogP contribution in [-0.2, 0) is 26.0 Å². The number of hydrogen-bond donors (Lipinski definition) is 0. The first-order valence-electron chi connectivity index (χ1n) is 11.9. The Morgan fingerprint density at radius 3 is 2.24 bits per heavy atom. The van der Waals surface area contributed by atoms with E-state index in [9.17, 15) is 43.0 Å². The highest BCUT2D eigenvalue weighted by atomic mass is 32.2. The molecule has 3 aromatic rings. The molecule has 41 heavy (non-hydrogen) atoms. The molecule has 0 bridgehead atoms. The number of benzene rings is 3. The van der Waals surface area contributed by atoms with Gasteiger partial charge in [-0.15, -0.1) is 0 Å². The summed E-state index contributed by atoms with van der Waals surface area (Å²) in [5, 5.41) is 22.3. The van der Waals surface area contributed by atoms with Crippen LogP contribution in [0.5, 0.6) is 11.5 Å². The van der Waals surface area contributed by atoms with E-state index in [4.69, 9.17) is 9.47 Å². The van der Waals surface area contributed by atoms with Crippen LogP contribution in [0.25, 0.3) is 0 Å². The van der Waals surface area contributed by atoms with E-state index in [1.54, 1.807) is 18.2 Å². The Morgan fingerprint density at radius 1 is 0.927 bits per heavy atom. The van der Waals surface area contributed by atoms with Gasteiger partial charge in [0.05, 0.1) is 21.2 Å². The normalized spacial score (nSPS) is 13.4. The van der Waals surface area contributed by atoms with E-state index in [-0.39, 0.29) is 17.9 Å². The predicted molar refractivity (Wildman–Crippen MR) is 141 cm³/mol. The van der Waals surface area contributed by atoms with Crippen molar-refractivity contribution in [3.63, 3.8) is 0 Å². The number of nitrogens with zero attached hydrogens (tertiary/aromatic N) is 3. The van der Waals surface area contributed by atoms with Gasteiger partial charge in [0.2, 0.25) is 0 Å².